The van der Waals surface area contributed by atoms with Crippen LogP contribution in [0.1, 0.15) is 21.7 Å². The van der Waals surface area contributed by atoms with Gasteiger partial charge in [0.1, 0.15) is 12.7 Å². The van der Waals surface area contributed by atoms with Crippen LogP contribution in [0.3, 0.4) is 0 Å². The number of rotatable bonds is 5. The van der Waals surface area contributed by atoms with Crippen molar-refractivity contribution < 1.29 is 32.2 Å². The summed E-state index contributed by atoms with van der Waals surface area (Å²) in [5, 5.41) is 13.5. The van der Waals surface area contributed by atoms with Crippen LogP contribution in [0, 0.1) is 5.21 Å². The molecule has 7 nitrogen and oxygen atoms in total. The highest BCUT2D eigenvalue weighted by Gasteiger charge is 2.30. The molecule has 1 N–H and O–H groups in total. The molecule has 0 aliphatic rings. The number of nitrogens with one attached hydrogen (secondary N) is 1. The quantitative estimate of drug-likeness (QED) is 0.494. The molecule has 25 heavy (non-hydrogen) atoms. The minimum atomic E-state index is -4.50. The summed E-state index contributed by atoms with van der Waals surface area (Å²) in [5.41, 5.74) is -0.923. The minimum absolute atomic E-state index is 0.0371. The van der Waals surface area contributed by atoms with E-state index in [9.17, 15) is 28.0 Å². The topological polar surface area (TPSA) is 95.2 Å². The van der Waals surface area contributed by atoms with Crippen LogP contribution in [-0.4, -0.2) is 23.4 Å². The van der Waals surface area contributed by atoms with E-state index in [0.29, 0.717) is 4.73 Å². The molecular formula is C15H12F3N3O4. The smallest absolute Gasteiger partial charge is 0.416 e. The van der Waals surface area contributed by atoms with Gasteiger partial charge in [-0.2, -0.15) is 13.2 Å². The number of ether oxygens (including phenoxy) is 1. The van der Waals surface area contributed by atoms with Crippen LogP contribution < -0.4 is 10.0 Å². The second-order valence-electron chi connectivity index (χ2n) is 4.78. The summed E-state index contributed by atoms with van der Waals surface area (Å²) in [7, 11) is 0. The number of hydrogen-bond acceptors (Lipinski definition) is 5. The van der Waals surface area contributed by atoms with Gasteiger partial charge in [0.05, 0.1) is 11.8 Å². The normalized spacial score (nSPS) is 11.0. The largest absolute Gasteiger partial charge is 0.711 e. The summed E-state index contributed by atoms with van der Waals surface area (Å²) in [6, 6.07) is 4.93. The van der Waals surface area contributed by atoms with Crippen LogP contribution in [-0.2, 0) is 22.3 Å². The lowest BCUT2D eigenvalue weighted by molar-refractivity contribution is -0.620. The van der Waals surface area contributed by atoms with Crippen molar-refractivity contribution in [2.24, 2.45) is 0 Å². The van der Waals surface area contributed by atoms with Gasteiger partial charge in [-0.15, -0.1) is 0 Å². The first-order valence-electron chi connectivity index (χ1n) is 6.91. The number of amides is 1. The number of carbonyl (C=O) groups excluding carboxylic acids is 2. The van der Waals surface area contributed by atoms with Crippen LogP contribution in [0.25, 0.3) is 0 Å². The predicted octanol–water partition coefficient (Wildman–Crippen LogP) is 1.21. The Bertz CT molecular complexity index is 763. The third-order valence-corrected chi connectivity index (χ3v) is 3.02. The zero-order chi connectivity index (χ0) is 18.4. The molecule has 0 bridgehead atoms. The highest BCUT2D eigenvalue weighted by molar-refractivity contribution is 5.95. The number of alkyl halides is 3. The molecule has 2 rings (SSSR count). The summed E-state index contributed by atoms with van der Waals surface area (Å²) in [4.78, 5) is 27.0. The molecule has 132 valence electrons. The molecule has 0 aliphatic carbocycles. The Kier molecular flexibility index (Phi) is 5.52. The Morgan fingerprint density at radius 2 is 1.92 bits per heavy atom. The summed E-state index contributed by atoms with van der Waals surface area (Å²) in [6.45, 7) is -0.884. The Balaban J connectivity index is 1.83. The molecule has 0 aliphatic heterocycles. The summed E-state index contributed by atoms with van der Waals surface area (Å²) >= 11 is 0. The van der Waals surface area contributed by atoms with Crippen molar-refractivity contribution in [1.82, 2.24) is 10.3 Å². The lowest BCUT2D eigenvalue weighted by Gasteiger charge is -2.08. The molecule has 10 heteroatoms. The van der Waals surface area contributed by atoms with Crippen LogP contribution in [0.5, 0.6) is 0 Å². The first-order valence-corrected chi connectivity index (χ1v) is 6.91. The van der Waals surface area contributed by atoms with Gasteiger partial charge < -0.3 is 15.3 Å². The van der Waals surface area contributed by atoms with Gasteiger partial charge in [0, 0.05) is 11.6 Å². The highest BCUT2D eigenvalue weighted by Crippen LogP contribution is 2.28. The number of aromatic nitrogens is 2. The Morgan fingerprint density at radius 1 is 1.24 bits per heavy atom. The van der Waals surface area contributed by atoms with Crippen LogP contribution in [0.15, 0.2) is 42.7 Å². The van der Waals surface area contributed by atoms with Gasteiger partial charge in [-0.3, -0.25) is 9.59 Å². The van der Waals surface area contributed by atoms with E-state index in [0.717, 1.165) is 24.3 Å². The Hall–Kier alpha value is -3.17. The maximum absolute atomic E-state index is 12.4. The number of esters is 1. The number of hydrogen-bond donors (Lipinski definition) is 1. The van der Waals surface area contributed by atoms with E-state index in [1.165, 1.54) is 18.5 Å². The molecule has 2 aromatic rings. The molecule has 0 fully saturated rings. The fourth-order valence-electron chi connectivity index (χ4n) is 1.75. The molecule has 1 heterocycles. The number of benzene rings is 1. The van der Waals surface area contributed by atoms with Crippen molar-refractivity contribution in [3.05, 3.63) is 64.9 Å². The molecule has 0 saturated heterocycles. The molecule has 0 spiro atoms. The van der Waals surface area contributed by atoms with Gasteiger partial charge in [-0.25, -0.2) is 4.73 Å². The van der Waals surface area contributed by atoms with Gasteiger partial charge in [0.2, 0.25) is 0 Å². The van der Waals surface area contributed by atoms with Crippen molar-refractivity contribution in [1.29, 1.82) is 0 Å². The second-order valence-corrected chi connectivity index (χ2v) is 4.78. The van der Waals surface area contributed by atoms with Crippen LogP contribution >= 0.6 is 0 Å². The van der Waals surface area contributed by atoms with E-state index in [2.05, 4.69) is 10.3 Å². The molecule has 0 saturated carbocycles. The average Bonchev–Trinajstić information content (AvgIpc) is 2.58. The summed E-state index contributed by atoms with van der Waals surface area (Å²) in [6.07, 6.45) is -1.96. The first-order chi connectivity index (χ1) is 11.8. The third-order valence-electron chi connectivity index (χ3n) is 3.02. The van der Waals surface area contributed by atoms with Crippen molar-refractivity contribution >= 4 is 11.9 Å². The van der Waals surface area contributed by atoms with E-state index < -0.39 is 30.2 Å². The van der Waals surface area contributed by atoms with Crippen molar-refractivity contribution in [3.63, 3.8) is 0 Å². The highest BCUT2D eigenvalue weighted by atomic mass is 19.4. The molecule has 0 unspecified atom stereocenters. The standard InChI is InChI=1S/C15H12F3N3O4/c16-15(17,18)11-4-2-10(3-5-11)14(23)20-8-13(22)25-9-12-19-6-1-7-21(12)24/h1-7H,8-9H2,(H,20,23). The summed E-state index contributed by atoms with van der Waals surface area (Å²) in [5.74, 6) is -1.60. The molecule has 1 aromatic heterocycles. The first kappa shape index (κ1) is 18.2. The number of carbonyl (C=O) groups is 2. The number of nitrogens with zero attached hydrogens (tertiary/aromatic N) is 2. The van der Waals surface area contributed by atoms with Gasteiger partial charge in [-0.1, -0.05) is 0 Å². The molecule has 0 radical (unpaired) electrons. The SMILES string of the molecule is O=C(CNC(=O)c1ccc(C(F)(F)F)cc1)OCc1nccc[n+]1[O-]. The minimum Gasteiger partial charge on any atom is -0.711 e. The van der Waals surface area contributed by atoms with E-state index >= 15 is 0 Å². The second kappa shape index (κ2) is 7.60. The summed E-state index contributed by atoms with van der Waals surface area (Å²) < 4.78 is 42.5. The molecule has 1 aromatic carbocycles. The number of halogens is 3. The zero-order valence-corrected chi connectivity index (χ0v) is 12.6. The van der Waals surface area contributed by atoms with Gasteiger partial charge in [0.15, 0.2) is 6.61 Å². The molecular weight excluding hydrogens is 343 g/mol. The monoisotopic (exact) mass is 355 g/mol. The van der Waals surface area contributed by atoms with Crippen LogP contribution in [0.2, 0.25) is 0 Å². The average molecular weight is 355 g/mol. The lowest BCUT2D eigenvalue weighted by atomic mass is 10.1. The Morgan fingerprint density at radius 3 is 2.52 bits per heavy atom. The van der Waals surface area contributed by atoms with Gasteiger partial charge in [0.25, 0.3) is 5.91 Å². The van der Waals surface area contributed by atoms with E-state index in [1.807, 2.05) is 0 Å². The molecule has 0 atom stereocenters. The maximum atomic E-state index is 12.4. The van der Waals surface area contributed by atoms with E-state index in [-0.39, 0.29) is 18.0 Å². The fourth-order valence-corrected chi connectivity index (χ4v) is 1.75. The third kappa shape index (κ3) is 5.16. The molecule has 1 amide bonds. The van der Waals surface area contributed by atoms with E-state index in [1.54, 1.807) is 0 Å². The lowest BCUT2D eigenvalue weighted by Crippen LogP contribution is -2.35. The van der Waals surface area contributed by atoms with Gasteiger partial charge >= 0.3 is 18.0 Å². The van der Waals surface area contributed by atoms with Crippen LogP contribution in [0.4, 0.5) is 13.2 Å². The van der Waals surface area contributed by atoms with E-state index in [4.69, 9.17) is 4.74 Å². The predicted molar refractivity (Wildman–Crippen MR) is 76.8 cm³/mol. The van der Waals surface area contributed by atoms with Gasteiger partial charge in [-0.05, 0) is 29.2 Å². The zero-order valence-electron chi connectivity index (χ0n) is 12.6. The maximum Gasteiger partial charge on any atom is 0.416 e. The van der Waals surface area contributed by atoms with Crippen molar-refractivity contribution in [2.45, 2.75) is 12.8 Å². The van der Waals surface area contributed by atoms with Crippen molar-refractivity contribution in [2.75, 3.05) is 6.54 Å². The fraction of sp³-hybridized carbons (Fsp3) is 0.200. The Labute approximate surface area is 139 Å². The van der Waals surface area contributed by atoms with Crippen molar-refractivity contribution in [3.8, 4) is 0 Å².